The molecular weight excluding hydrogens is 385 g/mol. The van der Waals surface area contributed by atoms with Crippen molar-refractivity contribution in [3.8, 4) is 5.75 Å². The molecule has 0 saturated carbocycles. The van der Waals surface area contributed by atoms with Gasteiger partial charge in [-0.2, -0.15) is 13.2 Å². The molecule has 154 valence electrons. The molecule has 2 aliphatic rings. The van der Waals surface area contributed by atoms with Crippen molar-refractivity contribution in [2.45, 2.75) is 30.5 Å². The van der Waals surface area contributed by atoms with Gasteiger partial charge >= 0.3 is 6.18 Å². The average Bonchev–Trinajstić information content (AvgIpc) is 2.71. The summed E-state index contributed by atoms with van der Waals surface area (Å²) in [6.45, 7) is 1.73. The van der Waals surface area contributed by atoms with Crippen LogP contribution in [0.1, 0.15) is 24.1 Å². The van der Waals surface area contributed by atoms with Gasteiger partial charge in [0, 0.05) is 25.5 Å². The molecule has 5 nitrogen and oxygen atoms in total. The molecule has 4 rings (SSSR count). The molecule has 29 heavy (non-hydrogen) atoms. The third-order valence-electron chi connectivity index (χ3n) is 5.54. The number of alkyl halides is 3. The van der Waals surface area contributed by atoms with Crippen molar-refractivity contribution in [2.75, 3.05) is 26.3 Å². The molecule has 0 spiro atoms. The SMILES string of the molecule is O=C(N1CC(Oc2ccnc(C(F)(F)F)c2)C1)C1(c2ccccc2)CCOCC1. The van der Waals surface area contributed by atoms with Crippen LogP contribution in [0.5, 0.6) is 5.75 Å². The van der Waals surface area contributed by atoms with E-state index >= 15 is 0 Å². The highest BCUT2D eigenvalue weighted by Crippen LogP contribution is 2.38. The highest BCUT2D eigenvalue weighted by Gasteiger charge is 2.47. The van der Waals surface area contributed by atoms with E-state index in [0.29, 0.717) is 39.1 Å². The van der Waals surface area contributed by atoms with E-state index in [-0.39, 0.29) is 17.8 Å². The first-order valence-electron chi connectivity index (χ1n) is 9.51. The van der Waals surface area contributed by atoms with Gasteiger partial charge in [-0.3, -0.25) is 9.78 Å². The van der Waals surface area contributed by atoms with Crippen LogP contribution in [0.3, 0.4) is 0 Å². The third-order valence-corrected chi connectivity index (χ3v) is 5.54. The fraction of sp³-hybridized carbons (Fsp3) is 0.429. The number of pyridine rings is 1. The molecule has 0 unspecified atom stereocenters. The number of ether oxygens (including phenoxy) is 2. The van der Waals surface area contributed by atoms with E-state index in [4.69, 9.17) is 9.47 Å². The quantitative estimate of drug-likeness (QED) is 0.781. The number of rotatable bonds is 4. The number of amides is 1. The van der Waals surface area contributed by atoms with Gasteiger partial charge in [-0.1, -0.05) is 30.3 Å². The summed E-state index contributed by atoms with van der Waals surface area (Å²) in [4.78, 5) is 18.4. The standard InChI is InChI=1S/C21H21F3N2O3/c22-21(23,24)18-12-16(6-9-25-18)29-17-13-26(14-17)19(27)20(7-10-28-11-8-20)15-4-2-1-3-5-15/h1-6,9,12,17H,7-8,10-11,13-14H2. The molecule has 0 N–H and O–H groups in total. The van der Waals surface area contributed by atoms with E-state index in [2.05, 4.69) is 4.98 Å². The number of aromatic nitrogens is 1. The Hall–Kier alpha value is -2.61. The first-order valence-corrected chi connectivity index (χ1v) is 9.51. The van der Waals surface area contributed by atoms with Crippen molar-refractivity contribution in [1.29, 1.82) is 0 Å². The summed E-state index contributed by atoms with van der Waals surface area (Å²) in [5, 5.41) is 0. The minimum absolute atomic E-state index is 0.0255. The third kappa shape index (κ3) is 3.94. The minimum Gasteiger partial charge on any atom is -0.487 e. The Labute approximate surface area is 166 Å². The Morgan fingerprint density at radius 1 is 1.14 bits per heavy atom. The highest BCUT2D eigenvalue weighted by molar-refractivity contribution is 5.89. The number of carbonyl (C=O) groups is 1. The molecule has 1 aromatic carbocycles. The van der Waals surface area contributed by atoms with E-state index in [1.165, 1.54) is 6.07 Å². The van der Waals surface area contributed by atoms with Crippen LogP contribution < -0.4 is 4.74 Å². The van der Waals surface area contributed by atoms with Gasteiger partial charge in [0.25, 0.3) is 0 Å². The maximum absolute atomic E-state index is 13.3. The maximum Gasteiger partial charge on any atom is 0.433 e. The Morgan fingerprint density at radius 3 is 2.48 bits per heavy atom. The predicted molar refractivity (Wildman–Crippen MR) is 98.4 cm³/mol. The number of carbonyl (C=O) groups excluding carboxylic acids is 1. The Balaban J connectivity index is 1.43. The summed E-state index contributed by atoms with van der Waals surface area (Å²) in [5.41, 5.74) is -0.640. The van der Waals surface area contributed by atoms with Gasteiger partial charge in [0.1, 0.15) is 17.5 Å². The fourth-order valence-electron chi connectivity index (χ4n) is 3.92. The monoisotopic (exact) mass is 406 g/mol. The van der Waals surface area contributed by atoms with Gasteiger partial charge in [-0.25, -0.2) is 0 Å². The van der Waals surface area contributed by atoms with Crippen LogP contribution in [0.25, 0.3) is 0 Å². The summed E-state index contributed by atoms with van der Waals surface area (Å²) in [6, 6.07) is 12.0. The fourth-order valence-corrected chi connectivity index (χ4v) is 3.92. The lowest BCUT2D eigenvalue weighted by Gasteiger charge is -2.46. The van der Waals surface area contributed by atoms with Gasteiger partial charge in [-0.05, 0) is 24.5 Å². The Morgan fingerprint density at radius 2 is 1.83 bits per heavy atom. The Bertz CT molecular complexity index is 861. The molecule has 2 fully saturated rings. The van der Waals surface area contributed by atoms with E-state index in [1.807, 2.05) is 30.3 Å². The Kier molecular flexibility index (Phi) is 5.21. The molecule has 8 heteroatoms. The van der Waals surface area contributed by atoms with Crippen molar-refractivity contribution >= 4 is 5.91 Å². The second-order valence-corrected chi connectivity index (χ2v) is 7.39. The number of hydrogen-bond acceptors (Lipinski definition) is 4. The minimum atomic E-state index is -4.52. The first-order chi connectivity index (χ1) is 13.9. The molecule has 2 saturated heterocycles. The second-order valence-electron chi connectivity index (χ2n) is 7.39. The van der Waals surface area contributed by atoms with E-state index in [1.54, 1.807) is 4.90 Å². The first kappa shape index (κ1) is 19.7. The number of benzene rings is 1. The van der Waals surface area contributed by atoms with Gasteiger partial charge in [0.05, 0.1) is 18.5 Å². The van der Waals surface area contributed by atoms with Crippen molar-refractivity contribution in [2.24, 2.45) is 0 Å². The molecule has 2 aromatic rings. The van der Waals surface area contributed by atoms with Crippen molar-refractivity contribution in [1.82, 2.24) is 9.88 Å². The van der Waals surface area contributed by atoms with Crippen LogP contribution >= 0.6 is 0 Å². The second kappa shape index (κ2) is 7.67. The van der Waals surface area contributed by atoms with Crippen LogP contribution in [-0.4, -0.2) is 48.2 Å². The molecular formula is C21H21F3N2O3. The van der Waals surface area contributed by atoms with Crippen LogP contribution in [0.15, 0.2) is 48.7 Å². The maximum atomic E-state index is 13.3. The number of nitrogens with zero attached hydrogens (tertiary/aromatic N) is 2. The van der Waals surface area contributed by atoms with Crippen molar-refractivity contribution < 1.29 is 27.4 Å². The predicted octanol–water partition coefficient (Wildman–Crippen LogP) is 3.44. The zero-order valence-corrected chi connectivity index (χ0v) is 15.7. The molecule has 0 aliphatic carbocycles. The van der Waals surface area contributed by atoms with Crippen LogP contribution in [0.4, 0.5) is 13.2 Å². The van der Waals surface area contributed by atoms with E-state index in [9.17, 15) is 18.0 Å². The summed E-state index contributed by atoms with van der Waals surface area (Å²) in [6.07, 6.45) is -2.57. The lowest BCUT2D eigenvalue weighted by molar-refractivity contribution is -0.150. The van der Waals surface area contributed by atoms with E-state index in [0.717, 1.165) is 17.8 Å². The summed E-state index contributed by atoms with van der Waals surface area (Å²) in [7, 11) is 0. The van der Waals surface area contributed by atoms with Gasteiger partial charge in [0.15, 0.2) is 0 Å². The van der Waals surface area contributed by atoms with E-state index < -0.39 is 17.3 Å². The summed E-state index contributed by atoms with van der Waals surface area (Å²) < 4.78 is 49.5. The molecule has 0 radical (unpaired) electrons. The molecule has 1 aromatic heterocycles. The van der Waals surface area contributed by atoms with Gasteiger partial charge < -0.3 is 14.4 Å². The largest absolute Gasteiger partial charge is 0.487 e. The normalized spacial score (nSPS) is 19.5. The number of hydrogen-bond donors (Lipinski definition) is 0. The van der Waals surface area contributed by atoms with Crippen LogP contribution in [0.2, 0.25) is 0 Å². The molecule has 0 bridgehead atoms. The molecule has 3 heterocycles. The number of likely N-dealkylation sites (tertiary alicyclic amines) is 1. The van der Waals surface area contributed by atoms with Crippen molar-refractivity contribution in [3.05, 3.63) is 59.9 Å². The number of halogens is 3. The zero-order valence-electron chi connectivity index (χ0n) is 15.7. The van der Waals surface area contributed by atoms with Crippen molar-refractivity contribution in [3.63, 3.8) is 0 Å². The van der Waals surface area contributed by atoms with Crippen LogP contribution in [0, 0.1) is 0 Å². The lowest BCUT2D eigenvalue weighted by atomic mass is 9.72. The van der Waals surface area contributed by atoms with Crippen LogP contribution in [-0.2, 0) is 21.1 Å². The average molecular weight is 406 g/mol. The summed E-state index contributed by atoms with van der Waals surface area (Å²) in [5.74, 6) is 0.130. The molecule has 0 atom stereocenters. The van der Waals surface area contributed by atoms with Gasteiger partial charge in [-0.15, -0.1) is 0 Å². The highest BCUT2D eigenvalue weighted by atomic mass is 19.4. The lowest BCUT2D eigenvalue weighted by Crippen LogP contribution is -2.61. The topological polar surface area (TPSA) is 51.7 Å². The summed E-state index contributed by atoms with van der Waals surface area (Å²) >= 11 is 0. The zero-order chi connectivity index (χ0) is 20.5. The van der Waals surface area contributed by atoms with Gasteiger partial charge in [0.2, 0.25) is 5.91 Å². The smallest absolute Gasteiger partial charge is 0.433 e. The molecule has 2 aliphatic heterocycles. The molecule has 1 amide bonds.